The Morgan fingerprint density at radius 2 is 2.00 bits per heavy atom. The molecule has 0 spiro atoms. The van der Waals surface area contributed by atoms with Crippen LogP contribution in [0.1, 0.15) is 20.3 Å². The molecule has 0 aromatic rings. The average Bonchev–Trinajstić information content (AvgIpc) is 2.49. The van der Waals surface area contributed by atoms with E-state index in [1.165, 1.54) is 25.2 Å². The van der Waals surface area contributed by atoms with Crippen molar-refractivity contribution in [2.45, 2.75) is 20.3 Å². The molecule has 0 saturated heterocycles. The summed E-state index contributed by atoms with van der Waals surface area (Å²) in [4.78, 5) is 32.9. The van der Waals surface area contributed by atoms with E-state index in [9.17, 15) is 14.4 Å². The number of rotatable bonds is 4. The molecule has 1 aliphatic heterocycles. The van der Waals surface area contributed by atoms with E-state index in [-0.39, 0.29) is 16.7 Å². The number of aliphatic carboxylic acids is 1. The SMILES string of the molecule is CC/C(=C\C=C\C1=C(C)C(=O)OC1=O)C(=O)O. The second-order valence-electron chi connectivity index (χ2n) is 3.43. The number of cyclic esters (lactones) is 2. The highest BCUT2D eigenvalue weighted by atomic mass is 16.6. The number of carboxylic acids is 1. The van der Waals surface area contributed by atoms with Crippen LogP contribution in [0.3, 0.4) is 0 Å². The Labute approximate surface area is 98.1 Å². The van der Waals surface area contributed by atoms with Crippen LogP contribution in [0.5, 0.6) is 0 Å². The van der Waals surface area contributed by atoms with Crippen LogP contribution in [0.2, 0.25) is 0 Å². The van der Waals surface area contributed by atoms with Crippen molar-refractivity contribution in [2.75, 3.05) is 0 Å². The number of carbonyl (C=O) groups excluding carboxylic acids is 2. The molecule has 0 aromatic heterocycles. The number of ether oxygens (including phenoxy) is 1. The van der Waals surface area contributed by atoms with Gasteiger partial charge in [0.05, 0.1) is 5.57 Å². The Morgan fingerprint density at radius 1 is 1.35 bits per heavy atom. The quantitative estimate of drug-likeness (QED) is 0.345. The van der Waals surface area contributed by atoms with Crippen LogP contribution in [0.4, 0.5) is 0 Å². The monoisotopic (exact) mass is 236 g/mol. The van der Waals surface area contributed by atoms with Crippen LogP contribution in [-0.4, -0.2) is 23.0 Å². The minimum Gasteiger partial charge on any atom is -0.478 e. The van der Waals surface area contributed by atoms with E-state index in [1.807, 2.05) is 0 Å². The van der Waals surface area contributed by atoms with E-state index in [1.54, 1.807) is 6.92 Å². The van der Waals surface area contributed by atoms with Crippen LogP contribution in [0.15, 0.2) is 34.9 Å². The molecular formula is C12H12O5. The molecule has 1 N–H and O–H groups in total. The molecule has 0 saturated carbocycles. The van der Waals surface area contributed by atoms with E-state index in [4.69, 9.17) is 5.11 Å². The summed E-state index contributed by atoms with van der Waals surface area (Å²) in [6.07, 6.45) is 4.56. The lowest BCUT2D eigenvalue weighted by molar-refractivity contribution is -0.151. The fraction of sp³-hybridized carbons (Fsp3) is 0.250. The van der Waals surface area contributed by atoms with Gasteiger partial charge in [0, 0.05) is 11.1 Å². The van der Waals surface area contributed by atoms with E-state index in [0.29, 0.717) is 6.42 Å². The predicted molar refractivity (Wildman–Crippen MR) is 58.9 cm³/mol. The fourth-order valence-electron chi connectivity index (χ4n) is 1.27. The molecule has 0 atom stereocenters. The molecule has 0 amide bonds. The number of carboxylic acid groups (broad SMARTS) is 1. The summed E-state index contributed by atoms with van der Waals surface area (Å²) in [5.74, 6) is -2.37. The maximum atomic E-state index is 11.2. The fourth-order valence-corrected chi connectivity index (χ4v) is 1.27. The molecule has 1 aliphatic rings. The molecule has 1 rings (SSSR count). The van der Waals surface area contributed by atoms with Gasteiger partial charge >= 0.3 is 17.9 Å². The highest BCUT2D eigenvalue weighted by Gasteiger charge is 2.27. The molecule has 0 unspecified atom stereocenters. The normalized spacial score (nSPS) is 16.9. The van der Waals surface area contributed by atoms with Crippen LogP contribution < -0.4 is 0 Å². The Hall–Kier alpha value is -2.17. The van der Waals surface area contributed by atoms with Crippen molar-refractivity contribution >= 4 is 17.9 Å². The van der Waals surface area contributed by atoms with Crippen molar-refractivity contribution in [2.24, 2.45) is 0 Å². The molecule has 0 fully saturated rings. The molecule has 5 nitrogen and oxygen atoms in total. The smallest absolute Gasteiger partial charge is 0.346 e. The van der Waals surface area contributed by atoms with Gasteiger partial charge in [-0.15, -0.1) is 0 Å². The third-order valence-corrected chi connectivity index (χ3v) is 2.33. The lowest BCUT2D eigenvalue weighted by Gasteiger charge is -1.93. The highest BCUT2D eigenvalue weighted by molar-refractivity contribution is 6.13. The minimum absolute atomic E-state index is 0.159. The number of hydrogen-bond acceptors (Lipinski definition) is 4. The molecule has 1 heterocycles. The van der Waals surface area contributed by atoms with Crippen LogP contribution in [0, 0.1) is 0 Å². The van der Waals surface area contributed by atoms with Crippen LogP contribution >= 0.6 is 0 Å². The summed E-state index contributed by atoms with van der Waals surface area (Å²) < 4.78 is 4.38. The molecule has 0 bridgehead atoms. The Morgan fingerprint density at radius 3 is 2.41 bits per heavy atom. The maximum absolute atomic E-state index is 11.2. The van der Waals surface area contributed by atoms with E-state index >= 15 is 0 Å². The van der Waals surface area contributed by atoms with Gasteiger partial charge in [0.15, 0.2) is 0 Å². The molecule has 0 aromatic carbocycles. The van der Waals surface area contributed by atoms with Crippen molar-refractivity contribution < 1.29 is 24.2 Å². The van der Waals surface area contributed by atoms with Gasteiger partial charge in [0.2, 0.25) is 0 Å². The second-order valence-corrected chi connectivity index (χ2v) is 3.43. The lowest BCUT2D eigenvalue weighted by Crippen LogP contribution is -2.01. The molecule has 5 heteroatoms. The second kappa shape index (κ2) is 5.25. The third kappa shape index (κ3) is 2.90. The largest absolute Gasteiger partial charge is 0.478 e. The summed E-state index contributed by atoms with van der Waals surface area (Å²) in [7, 11) is 0. The maximum Gasteiger partial charge on any atom is 0.346 e. The minimum atomic E-state index is -1.01. The average molecular weight is 236 g/mol. The Balaban J connectivity index is 2.89. The van der Waals surface area contributed by atoms with Crippen molar-refractivity contribution in [3.63, 3.8) is 0 Å². The first-order chi connectivity index (χ1) is 7.97. The van der Waals surface area contributed by atoms with Crippen molar-refractivity contribution in [3.8, 4) is 0 Å². The van der Waals surface area contributed by atoms with Gasteiger partial charge in [0.1, 0.15) is 0 Å². The lowest BCUT2D eigenvalue weighted by atomic mass is 10.1. The highest BCUT2D eigenvalue weighted by Crippen LogP contribution is 2.17. The van der Waals surface area contributed by atoms with Crippen LogP contribution in [-0.2, 0) is 19.1 Å². The first-order valence-electron chi connectivity index (χ1n) is 5.05. The molecule has 90 valence electrons. The van der Waals surface area contributed by atoms with Crippen molar-refractivity contribution in [1.82, 2.24) is 0 Å². The summed E-state index contributed by atoms with van der Waals surface area (Å²) in [5.41, 5.74) is 0.609. The van der Waals surface area contributed by atoms with Gasteiger partial charge in [-0.2, -0.15) is 0 Å². The topological polar surface area (TPSA) is 80.7 Å². The van der Waals surface area contributed by atoms with Crippen molar-refractivity contribution in [1.29, 1.82) is 0 Å². The first-order valence-corrected chi connectivity index (χ1v) is 5.05. The summed E-state index contributed by atoms with van der Waals surface area (Å²) >= 11 is 0. The van der Waals surface area contributed by atoms with Gasteiger partial charge in [-0.3, -0.25) is 0 Å². The Bertz CT molecular complexity index is 465. The van der Waals surface area contributed by atoms with Gasteiger partial charge < -0.3 is 9.84 Å². The molecule has 17 heavy (non-hydrogen) atoms. The third-order valence-electron chi connectivity index (χ3n) is 2.33. The number of allylic oxidation sites excluding steroid dienone is 2. The van der Waals surface area contributed by atoms with Crippen molar-refractivity contribution in [3.05, 3.63) is 34.9 Å². The zero-order valence-corrected chi connectivity index (χ0v) is 9.52. The van der Waals surface area contributed by atoms with Gasteiger partial charge in [-0.1, -0.05) is 19.1 Å². The van der Waals surface area contributed by atoms with E-state index in [0.717, 1.165) is 0 Å². The van der Waals surface area contributed by atoms with Crippen LogP contribution in [0.25, 0.3) is 0 Å². The zero-order valence-electron chi connectivity index (χ0n) is 9.52. The predicted octanol–water partition coefficient (Wildman–Crippen LogP) is 1.36. The molecular weight excluding hydrogens is 224 g/mol. The summed E-state index contributed by atoms with van der Waals surface area (Å²) in [5, 5.41) is 8.75. The summed E-state index contributed by atoms with van der Waals surface area (Å²) in [6.45, 7) is 3.19. The number of carbonyl (C=O) groups is 3. The van der Waals surface area contributed by atoms with E-state index < -0.39 is 17.9 Å². The van der Waals surface area contributed by atoms with Gasteiger partial charge in [-0.05, 0) is 19.4 Å². The first kappa shape index (κ1) is 12.9. The van der Waals surface area contributed by atoms with Gasteiger partial charge in [0.25, 0.3) is 0 Å². The van der Waals surface area contributed by atoms with E-state index in [2.05, 4.69) is 4.74 Å². The molecule has 0 aliphatic carbocycles. The standard InChI is InChI=1S/C12H12O5/c1-3-8(10(13)14)5-4-6-9-7(2)11(15)17-12(9)16/h4-6H,3H2,1-2H3,(H,13,14)/b6-4+,8-5+. The summed E-state index contributed by atoms with van der Waals surface area (Å²) in [6, 6.07) is 0. The zero-order chi connectivity index (χ0) is 13.0. The Kier molecular flexibility index (Phi) is 3.98. The number of hydrogen-bond donors (Lipinski definition) is 1. The van der Waals surface area contributed by atoms with Gasteiger partial charge in [-0.25, -0.2) is 14.4 Å². The number of esters is 2. The molecule has 0 radical (unpaired) electrons.